The van der Waals surface area contributed by atoms with Crippen LogP contribution in [0.25, 0.3) is 6.08 Å². The molecule has 0 saturated carbocycles. The zero-order chi connectivity index (χ0) is 21.4. The molecular weight excluding hydrogens is 370 g/mol. The second-order valence-corrected chi connectivity index (χ2v) is 6.52. The molecule has 0 bridgehead atoms. The maximum Gasteiger partial charge on any atom is 0.262 e. The molecule has 0 aliphatic carbocycles. The number of ether oxygens (including phenoxy) is 2. The topological polar surface area (TPSA) is 114 Å². The summed E-state index contributed by atoms with van der Waals surface area (Å²) in [5, 5.41) is 12.0. The van der Waals surface area contributed by atoms with Crippen LogP contribution in [-0.4, -0.2) is 25.0 Å². The molecule has 7 heteroatoms. The highest BCUT2D eigenvalue weighted by Crippen LogP contribution is 2.25. The molecule has 2 aromatic carbocycles. The Morgan fingerprint density at radius 3 is 2.55 bits per heavy atom. The zero-order valence-electron chi connectivity index (χ0n) is 16.6. The van der Waals surface area contributed by atoms with Gasteiger partial charge in [0, 0.05) is 11.6 Å². The Balaban J connectivity index is 2.29. The van der Waals surface area contributed by atoms with Gasteiger partial charge in [-0.2, -0.15) is 5.26 Å². The highest BCUT2D eigenvalue weighted by Gasteiger charge is 2.13. The van der Waals surface area contributed by atoms with E-state index in [-0.39, 0.29) is 23.8 Å². The summed E-state index contributed by atoms with van der Waals surface area (Å²) in [6.07, 6.45) is 1.50. The molecule has 7 nitrogen and oxygen atoms in total. The van der Waals surface area contributed by atoms with Crippen molar-refractivity contribution in [1.82, 2.24) is 5.32 Å². The number of nitrogens with one attached hydrogen (secondary N) is 1. The summed E-state index contributed by atoms with van der Waals surface area (Å²) in [7, 11) is 1.53. The minimum atomic E-state index is -0.584. The van der Waals surface area contributed by atoms with Gasteiger partial charge in [-0.3, -0.25) is 9.59 Å². The number of para-hydroxylation sites is 1. The minimum absolute atomic E-state index is 0.00481. The fraction of sp³-hybridized carbons (Fsp3) is 0.227. The molecule has 0 unspecified atom stereocenters. The molecule has 2 aromatic rings. The van der Waals surface area contributed by atoms with Crippen LogP contribution >= 0.6 is 0 Å². The number of nitriles is 1. The smallest absolute Gasteiger partial charge is 0.262 e. The third-order valence-corrected chi connectivity index (χ3v) is 3.94. The first kappa shape index (κ1) is 21.5. The van der Waals surface area contributed by atoms with E-state index < -0.39 is 11.8 Å². The quantitative estimate of drug-likeness (QED) is 0.529. The van der Waals surface area contributed by atoms with Crippen molar-refractivity contribution >= 4 is 17.9 Å². The van der Waals surface area contributed by atoms with Crippen LogP contribution in [0, 0.1) is 11.3 Å². The van der Waals surface area contributed by atoms with E-state index in [1.807, 2.05) is 19.9 Å². The van der Waals surface area contributed by atoms with E-state index in [0.717, 1.165) is 0 Å². The molecule has 2 rings (SSSR count). The maximum absolute atomic E-state index is 12.1. The molecular formula is C22H23N3O4. The van der Waals surface area contributed by atoms with E-state index in [2.05, 4.69) is 5.32 Å². The Bertz CT molecular complexity index is 974. The van der Waals surface area contributed by atoms with Gasteiger partial charge in [0.25, 0.3) is 11.8 Å². The van der Waals surface area contributed by atoms with Crippen LogP contribution in [0.15, 0.2) is 48.0 Å². The molecule has 0 atom stereocenters. The summed E-state index contributed by atoms with van der Waals surface area (Å²) in [4.78, 5) is 23.7. The van der Waals surface area contributed by atoms with Gasteiger partial charge < -0.3 is 20.5 Å². The molecule has 0 aliphatic heterocycles. The Morgan fingerprint density at radius 2 is 1.93 bits per heavy atom. The van der Waals surface area contributed by atoms with E-state index in [9.17, 15) is 14.9 Å². The summed E-state index contributed by atoms with van der Waals surface area (Å²) >= 11 is 0. The van der Waals surface area contributed by atoms with Crippen LogP contribution in [-0.2, 0) is 11.4 Å². The van der Waals surface area contributed by atoms with Gasteiger partial charge in [0.15, 0.2) is 0 Å². The third-order valence-electron chi connectivity index (χ3n) is 3.94. The standard InChI is InChI=1S/C22H23N3O4/c1-14(2)25-22(27)16(12-23)10-15-8-9-19(28-3)17(11-15)13-29-20-7-5-4-6-18(20)21(24)26/h4-11,14H,13H2,1-3H3,(H2,24,26)(H,25,27). The number of carbonyl (C=O) groups excluding carboxylic acids is 2. The molecule has 29 heavy (non-hydrogen) atoms. The molecule has 150 valence electrons. The largest absolute Gasteiger partial charge is 0.496 e. The first-order valence-corrected chi connectivity index (χ1v) is 8.97. The molecule has 0 heterocycles. The number of rotatable bonds is 8. The number of nitrogens with two attached hydrogens (primary N) is 1. The molecule has 0 aliphatic rings. The highest BCUT2D eigenvalue weighted by molar-refractivity contribution is 6.01. The molecule has 0 fully saturated rings. The number of methoxy groups -OCH3 is 1. The van der Waals surface area contributed by atoms with Crippen molar-refractivity contribution in [2.24, 2.45) is 5.73 Å². The Morgan fingerprint density at radius 1 is 1.21 bits per heavy atom. The van der Waals surface area contributed by atoms with Crippen molar-refractivity contribution in [3.8, 4) is 17.6 Å². The van der Waals surface area contributed by atoms with Crippen LogP contribution in [0.1, 0.15) is 35.3 Å². The number of hydrogen-bond acceptors (Lipinski definition) is 5. The Labute approximate surface area is 169 Å². The fourth-order valence-electron chi connectivity index (χ4n) is 2.61. The minimum Gasteiger partial charge on any atom is -0.496 e. The predicted molar refractivity (Wildman–Crippen MR) is 109 cm³/mol. The van der Waals surface area contributed by atoms with Crippen LogP contribution in [0.4, 0.5) is 0 Å². The van der Waals surface area contributed by atoms with E-state index >= 15 is 0 Å². The van der Waals surface area contributed by atoms with Gasteiger partial charge >= 0.3 is 0 Å². The van der Waals surface area contributed by atoms with Gasteiger partial charge in [-0.15, -0.1) is 0 Å². The summed E-state index contributed by atoms with van der Waals surface area (Å²) < 4.78 is 11.1. The van der Waals surface area contributed by atoms with E-state index in [1.54, 1.807) is 42.5 Å². The SMILES string of the molecule is COc1ccc(C=C(C#N)C(=O)NC(C)C)cc1COc1ccccc1C(N)=O. The molecule has 0 saturated heterocycles. The third kappa shape index (κ3) is 5.84. The molecule has 3 N–H and O–H groups in total. The lowest BCUT2D eigenvalue weighted by Crippen LogP contribution is -2.30. The van der Waals surface area contributed by atoms with Crippen LogP contribution in [0.3, 0.4) is 0 Å². The highest BCUT2D eigenvalue weighted by atomic mass is 16.5. The van der Waals surface area contributed by atoms with Crippen LogP contribution in [0.5, 0.6) is 11.5 Å². The monoisotopic (exact) mass is 393 g/mol. The number of benzene rings is 2. The molecule has 0 spiro atoms. The van der Waals surface area contributed by atoms with Gasteiger partial charge in [-0.1, -0.05) is 18.2 Å². The Hall–Kier alpha value is -3.79. The number of nitrogens with zero attached hydrogens (tertiary/aromatic N) is 1. The van der Waals surface area contributed by atoms with Crippen molar-refractivity contribution in [1.29, 1.82) is 5.26 Å². The summed E-state index contributed by atoms with van der Waals surface area (Å²) in [5.74, 6) is -0.0913. The van der Waals surface area contributed by atoms with E-state index in [1.165, 1.54) is 13.2 Å². The molecule has 2 amide bonds. The average molecular weight is 393 g/mol. The lowest BCUT2D eigenvalue weighted by atomic mass is 10.1. The van der Waals surface area contributed by atoms with Gasteiger partial charge in [0.1, 0.15) is 29.7 Å². The van der Waals surface area contributed by atoms with Crippen molar-refractivity contribution in [3.63, 3.8) is 0 Å². The summed E-state index contributed by atoms with van der Waals surface area (Å²) in [6.45, 7) is 3.74. The fourth-order valence-corrected chi connectivity index (χ4v) is 2.61. The number of primary amides is 1. The number of carbonyl (C=O) groups is 2. The van der Waals surface area contributed by atoms with E-state index in [4.69, 9.17) is 15.2 Å². The second kappa shape index (κ2) is 9.95. The van der Waals surface area contributed by atoms with Crippen molar-refractivity contribution in [3.05, 3.63) is 64.7 Å². The van der Waals surface area contributed by atoms with Crippen LogP contribution in [0.2, 0.25) is 0 Å². The number of hydrogen-bond donors (Lipinski definition) is 2. The number of amides is 2. The van der Waals surface area contributed by atoms with Gasteiger partial charge in [0.2, 0.25) is 0 Å². The predicted octanol–water partition coefficient (Wildman–Crippen LogP) is 2.80. The van der Waals surface area contributed by atoms with Gasteiger partial charge in [-0.05, 0) is 49.8 Å². The van der Waals surface area contributed by atoms with Gasteiger partial charge in [-0.25, -0.2) is 0 Å². The van der Waals surface area contributed by atoms with E-state index in [0.29, 0.717) is 22.6 Å². The van der Waals surface area contributed by atoms with Crippen molar-refractivity contribution < 1.29 is 19.1 Å². The summed E-state index contributed by atoms with van der Waals surface area (Å²) in [6, 6.07) is 13.7. The molecule has 0 radical (unpaired) electrons. The molecule has 0 aromatic heterocycles. The normalized spacial score (nSPS) is 10.9. The van der Waals surface area contributed by atoms with Crippen molar-refractivity contribution in [2.45, 2.75) is 26.5 Å². The Kier molecular flexibility index (Phi) is 7.38. The second-order valence-electron chi connectivity index (χ2n) is 6.52. The zero-order valence-corrected chi connectivity index (χ0v) is 16.6. The maximum atomic E-state index is 12.1. The average Bonchev–Trinajstić information content (AvgIpc) is 2.70. The van der Waals surface area contributed by atoms with Gasteiger partial charge in [0.05, 0.1) is 12.7 Å². The van der Waals surface area contributed by atoms with Crippen LogP contribution < -0.4 is 20.5 Å². The van der Waals surface area contributed by atoms with Crippen molar-refractivity contribution in [2.75, 3.05) is 7.11 Å². The first-order chi connectivity index (χ1) is 13.8. The summed E-state index contributed by atoms with van der Waals surface area (Å²) in [5.41, 5.74) is 6.97. The lowest BCUT2D eigenvalue weighted by Gasteiger charge is -2.13. The lowest BCUT2D eigenvalue weighted by molar-refractivity contribution is -0.117. The first-order valence-electron chi connectivity index (χ1n) is 8.97.